The Labute approximate surface area is 116 Å². The first kappa shape index (κ1) is 12.7. The summed E-state index contributed by atoms with van der Waals surface area (Å²) in [6, 6.07) is 7.44. The summed E-state index contributed by atoms with van der Waals surface area (Å²) in [5, 5.41) is 17.4. The van der Waals surface area contributed by atoms with Crippen LogP contribution >= 0.6 is 0 Å². The number of hydrogen-bond acceptors (Lipinski definition) is 4. The molecule has 1 aromatic heterocycles. The maximum atomic E-state index is 11.1. The lowest BCUT2D eigenvalue weighted by atomic mass is 10.1. The number of aliphatic hydroxyl groups excluding tert-OH is 1. The maximum Gasteiger partial charge on any atom is 0.150 e. The minimum Gasteiger partial charge on any atom is -0.396 e. The van der Waals surface area contributed by atoms with Crippen molar-refractivity contribution in [3.05, 3.63) is 48.2 Å². The zero-order chi connectivity index (χ0) is 13.9. The second-order valence-corrected chi connectivity index (χ2v) is 4.92. The van der Waals surface area contributed by atoms with Crippen molar-refractivity contribution in [1.29, 1.82) is 0 Å². The third-order valence-corrected chi connectivity index (χ3v) is 3.60. The lowest BCUT2D eigenvalue weighted by Gasteiger charge is -2.09. The van der Waals surface area contributed by atoms with Gasteiger partial charge in [-0.05, 0) is 6.42 Å². The molecule has 1 aromatic carbocycles. The maximum absolute atomic E-state index is 11.1. The molecule has 1 N–H and O–H groups in total. The van der Waals surface area contributed by atoms with Gasteiger partial charge < -0.3 is 5.11 Å². The number of hydrogen-bond donors (Lipinski definition) is 1. The lowest BCUT2D eigenvalue weighted by Crippen LogP contribution is -2.08. The van der Waals surface area contributed by atoms with Gasteiger partial charge in [0.25, 0.3) is 0 Å². The molecule has 20 heavy (non-hydrogen) atoms. The average molecular weight is 269 g/mol. The van der Waals surface area contributed by atoms with Gasteiger partial charge in [-0.15, -0.1) is 5.10 Å². The summed E-state index contributed by atoms with van der Waals surface area (Å²) in [6.07, 6.45) is 7.54. The van der Waals surface area contributed by atoms with Gasteiger partial charge in [-0.25, -0.2) is 4.68 Å². The van der Waals surface area contributed by atoms with Gasteiger partial charge in [-0.1, -0.05) is 41.6 Å². The van der Waals surface area contributed by atoms with Crippen molar-refractivity contribution in [2.45, 2.75) is 12.5 Å². The summed E-state index contributed by atoms with van der Waals surface area (Å²) in [7, 11) is 0. The van der Waals surface area contributed by atoms with Crippen LogP contribution in [0.2, 0.25) is 0 Å². The number of nitrogens with zero attached hydrogens (tertiary/aromatic N) is 3. The Kier molecular flexibility index (Phi) is 3.43. The first-order valence-electron chi connectivity index (χ1n) is 6.57. The van der Waals surface area contributed by atoms with E-state index in [1.807, 2.05) is 36.5 Å². The van der Waals surface area contributed by atoms with Crippen LogP contribution in [-0.4, -0.2) is 33.0 Å². The van der Waals surface area contributed by atoms with Crippen LogP contribution in [-0.2, 0) is 0 Å². The Morgan fingerprint density at radius 2 is 2.20 bits per heavy atom. The molecule has 0 spiro atoms. The van der Waals surface area contributed by atoms with Crippen molar-refractivity contribution in [1.82, 2.24) is 15.0 Å². The lowest BCUT2D eigenvalue weighted by molar-refractivity contribution is 0.112. The molecule has 102 valence electrons. The topological polar surface area (TPSA) is 68.0 Å². The summed E-state index contributed by atoms with van der Waals surface area (Å²) < 4.78 is 1.78. The van der Waals surface area contributed by atoms with E-state index in [2.05, 4.69) is 10.3 Å². The Bertz CT molecular complexity index is 648. The molecule has 0 amide bonds. The number of carbonyl (C=O) groups is 1. The third-order valence-electron chi connectivity index (χ3n) is 3.60. The van der Waals surface area contributed by atoms with E-state index in [-0.39, 0.29) is 18.6 Å². The Hall–Kier alpha value is -2.27. The summed E-state index contributed by atoms with van der Waals surface area (Å²) in [6.45, 7) is 0.155. The van der Waals surface area contributed by atoms with Crippen LogP contribution in [0, 0.1) is 5.92 Å². The SMILES string of the molecule is O=Cc1ccccc1-c1cn([C@@H]2C=C[C@H](CO)C2)nn1. The summed E-state index contributed by atoms with van der Waals surface area (Å²) >= 11 is 0. The van der Waals surface area contributed by atoms with Crippen LogP contribution in [0.4, 0.5) is 0 Å². The number of rotatable bonds is 4. The Balaban J connectivity index is 1.87. The highest BCUT2D eigenvalue weighted by Gasteiger charge is 2.21. The summed E-state index contributed by atoms with van der Waals surface area (Å²) in [5.74, 6) is 0.190. The van der Waals surface area contributed by atoms with Gasteiger partial charge in [0.1, 0.15) is 5.69 Å². The summed E-state index contributed by atoms with van der Waals surface area (Å²) in [4.78, 5) is 11.1. The van der Waals surface area contributed by atoms with E-state index in [1.54, 1.807) is 10.7 Å². The number of aromatic nitrogens is 3. The van der Waals surface area contributed by atoms with E-state index >= 15 is 0 Å². The van der Waals surface area contributed by atoms with Crippen molar-refractivity contribution in [2.24, 2.45) is 5.92 Å². The highest BCUT2D eigenvalue weighted by molar-refractivity contribution is 5.86. The highest BCUT2D eigenvalue weighted by atomic mass is 16.3. The van der Waals surface area contributed by atoms with Gasteiger partial charge in [0.05, 0.1) is 12.2 Å². The molecular weight excluding hydrogens is 254 g/mol. The van der Waals surface area contributed by atoms with Crippen LogP contribution in [0.15, 0.2) is 42.6 Å². The number of carbonyl (C=O) groups excluding carboxylic acids is 1. The van der Waals surface area contributed by atoms with Gasteiger partial charge in [0.2, 0.25) is 0 Å². The number of aliphatic hydroxyl groups is 1. The molecule has 2 atom stereocenters. The molecule has 0 saturated carbocycles. The zero-order valence-corrected chi connectivity index (χ0v) is 10.9. The van der Waals surface area contributed by atoms with Gasteiger partial charge in [0.15, 0.2) is 6.29 Å². The standard InChI is InChI=1S/C15H15N3O2/c19-9-11-5-6-13(7-11)18-8-15(16-17-18)14-4-2-1-3-12(14)10-20/h1-6,8,10-11,13,19H,7,9H2/t11-,13+/m0/s1. The second kappa shape index (κ2) is 5.38. The molecule has 3 rings (SSSR count). The van der Waals surface area contributed by atoms with E-state index in [4.69, 9.17) is 5.11 Å². The predicted octanol–water partition coefficient (Wildman–Crippen LogP) is 1.87. The van der Waals surface area contributed by atoms with Gasteiger partial charge in [0, 0.05) is 23.7 Å². The minimum atomic E-state index is 0.122. The van der Waals surface area contributed by atoms with Crippen molar-refractivity contribution < 1.29 is 9.90 Å². The van der Waals surface area contributed by atoms with Crippen LogP contribution in [0.1, 0.15) is 22.8 Å². The average Bonchev–Trinajstić information content (AvgIpc) is 3.15. The van der Waals surface area contributed by atoms with Crippen LogP contribution in [0.3, 0.4) is 0 Å². The van der Waals surface area contributed by atoms with Crippen molar-refractivity contribution >= 4 is 6.29 Å². The fourth-order valence-electron chi connectivity index (χ4n) is 2.48. The first-order valence-corrected chi connectivity index (χ1v) is 6.57. The minimum absolute atomic E-state index is 0.122. The molecule has 5 nitrogen and oxygen atoms in total. The van der Waals surface area contributed by atoms with E-state index in [0.717, 1.165) is 18.3 Å². The molecule has 5 heteroatoms. The molecule has 0 saturated heterocycles. The van der Waals surface area contributed by atoms with Crippen molar-refractivity contribution in [3.63, 3.8) is 0 Å². The van der Waals surface area contributed by atoms with Crippen LogP contribution in [0.25, 0.3) is 11.3 Å². The Morgan fingerprint density at radius 3 is 2.95 bits per heavy atom. The number of aldehydes is 1. The normalized spacial score (nSPS) is 21.2. The van der Waals surface area contributed by atoms with Crippen LogP contribution < -0.4 is 0 Å². The van der Waals surface area contributed by atoms with Crippen LogP contribution in [0.5, 0.6) is 0 Å². The molecule has 0 unspecified atom stereocenters. The molecule has 1 heterocycles. The van der Waals surface area contributed by atoms with E-state index in [9.17, 15) is 4.79 Å². The molecule has 0 aliphatic heterocycles. The molecule has 1 aliphatic rings. The third kappa shape index (κ3) is 2.28. The molecule has 0 radical (unpaired) electrons. The van der Waals surface area contributed by atoms with Crippen molar-refractivity contribution in [3.8, 4) is 11.3 Å². The Morgan fingerprint density at radius 1 is 1.35 bits per heavy atom. The smallest absolute Gasteiger partial charge is 0.150 e. The predicted molar refractivity (Wildman–Crippen MR) is 74.2 cm³/mol. The zero-order valence-electron chi connectivity index (χ0n) is 10.9. The first-order chi connectivity index (χ1) is 9.81. The summed E-state index contributed by atoms with van der Waals surface area (Å²) in [5.41, 5.74) is 2.08. The monoisotopic (exact) mass is 269 g/mol. The number of allylic oxidation sites excluding steroid dienone is 1. The van der Waals surface area contributed by atoms with Gasteiger partial charge in [-0.3, -0.25) is 4.79 Å². The largest absolute Gasteiger partial charge is 0.396 e. The molecule has 0 bridgehead atoms. The van der Waals surface area contributed by atoms with Crippen molar-refractivity contribution in [2.75, 3.05) is 6.61 Å². The van der Waals surface area contributed by atoms with Gasteiger partial charge in [-0.2, -0.15) is 0 Å². The van der Waals surface area contributed by atoms with E-state index in [0.29, 0.717) is 11.3 Å². The highest BCUT2D eigenvalue weighted by Crippen LogP contribution is 2.28. The quantitative estimate of drug-likeness (QED) is 0.679. The second-order valence-electron chi connectivity index (χ2n) is 4.92. The van der Waals surface area contributed by atoms with E-state index in [1.165, 1.54) is 0 Å². The fraction of sp³-hybridized carbons (Fsp3) is 0.267. The molecule has 2 aromatic rings. The molecule has 0 fully saturated rings. The fourth-order valence-corrected chi connectivity index (χ4v) is 2.48. The van der Waals surface area contributed by atoms with Gasteiger partial charge >= 0.3 is 0 Å². The molecule has 1 aliphatic carbocycles. The molecular formula is C15H15N3O2. The number of benzene rings is 1. The van der Waals surface area contributed by atoms with E-state index < -0.39 is 0 Å².